The van der Waals surface area contributed by atoms with Crippen LogP contribution in [-0.4, -0.2) is 41.7 Å². The normalized spacial score (nSPS) is 12.3. The van der Waals surface area contributed by atoms with Gasteiger partial charge in [0.25, 0.3) is 0 Å². The summed E-state index contributed by atoms with van der Waals surface area (Å²) < 4.78 is 31.9. The van der Waals surface area contributed by atoms with Crippen LogP contribution < -0.4 is 10.6 Å². The third kappa shape index (κ3) is 4.08. The molecule has 0 amide bonds. The number of rotatable bonds is 7. The van der Waals surface area contributed by atoms with Gasteiger partial charge in [0.2, 0.25) is 5.16 Å². The number of nitrogens with two attached hydrogens (primary N) is 1. The van der Waals surface area contributed by atoms with Gasteiger partial charge >= 0.3 is 6.61 Å². The number of benzene rings is 2. The maximum Gasteiger partial charge on any atom is 0.387 e. The first-order valence-corrected chi connectivity index (χ1v) is 9.67. The average Bonchev–Trinajstić information content (AvgIpc) is 3.37. The SMILES string of the molecule is CC(Sc1nnc(-c2ccc(OC(F)F)cc2)n1N)c1nnnn1-c1ccccc1. The second-order valence-electron chi connectivity index (χ2n) is 6.12. The number of nitrogens with zero attached hydrogens (tertiary/aromatic N) is 7. The lowest BCUT2D eigenvalue weighted by molar-refractivity contribution is -0.0498. The van der Waals surface area contributed by atoms with Crippen molar-refractivity contribution in [3.8, 4) is 22.8 Å². The van der Waals surface area contributed by atoms with Crippen LogP contribution in [0.4, 0.5) is 8.78 Å². The number of hydrogen-bond donors (Lipinski definition) is 1. The van der Waals surface area contributed by atoms with Crippen molar-refractivity contribution >= 4 is 11.8 Å². The minimum atomic E-state index is -2.88. The monoisotopic (exact) mass is 430 g/mol. The Morgan fingerprint density at radius 2 is 1.73 bits per heavy atom. The van der Waals surface area contributed by atoms with E-state index in [-0.39, 0.29) is 11.0 Å². The molecule has 2 aromatic heterocycles. The van der Waals surface area contributed by atoms with Gasteiger partial charge in [-0.1, -0.05) is 30.0 Å². The topological polar surface area (TPSA) is 110 Å². The van der Waals surface area contributed by atoms with Crippen LogP contribution in [0.1, 0.15) is 18.0 Å². The smallest absolute Gasteiger partial charge is 0.387 e. The molecular formula is C18H16F2N8OS. The van der Waals surface area contributed by atoms with Crippen molar-refractivity contribution in [2.45, 2.75) is 23.9 Å². The molecule has 0 saturated heterocycles. The van der Waals surface area contributed by atoms with E-state index in [9.17, 15) is 8.78 Å². The number of ether oxygens (including phenoxy) is 1. The van der Waals surface area contributed by atoms with Gasteiger partial charge in [-0.2, -0.15) is 13.5 Å². The maximum atomic E-state index is 12.3. The molecule has 2 aromatic carbocycles. The molecule has 1 unspecified atom stereocenters. The van der Waals surface area contributed by atoms with Gasteiger partial charge in [0.1, 0.15) is 5.75 Å². The van der Waals surface area contributed by atoms with E-state index < -0.39 is 6.61 Å². The number of nitrogen functional groups attached to an aromatic ring is 1. The molecule has 0 fully saturated rings. The summed E-state index contributed by atoms with van der Waals surface area (Å²) in [7, 11) is 0. The van der Waals surface area contributed by atoms with Crippen LogP contribution in [0, 0.1) is 0 Å². The fraction of sp³-hybridized carbons (Fsp3) is 0.167. The predicted molar refractivity (Wildman–Crippen MR) is 106 cm³/mol. The second kappa shape index (κ2) is 8.45. The molecule has 0 bridgehead atoms. The van der Waals surface area contributed by atoms with Crippen molar-refractivity contribution in [3.05, 3.63) is 60.4 Å². The van der Waals surface area contributed by atoms with Crippen LogP contribution in [0.5, 0.6) is 5.75 Å². The molecule has 2 N–H and O–H groups in total. The largest absolute Gasteiger partial charge is 0.435 e. The fourth-order valence-electron chi connectivity index (χ4n) is 2.75. The fourth-order valence-corrected chi connectivity index (χ4v) is 3.61. The van der Waals surface area contributed by atoms with Gasteiger partial charge in [-0.25, -0.2) is 4.68 Å². The van der Waals surface area contributed by atoms with Crippen molar-refractivity contribution in [1.82, 2.24) is 35.1 Å². The first-order valence-electron chi connectivity index (χ1n) is 8.79. The molecular weight excluding hydrogens is 414 g/mol. The van der Waals surface area contributed by atoms with Crippen molar-refractivity contribution in [2.75, 3.05) is 5.84 Å². The van der Waals surface area contributed by atoms with Crippen molar-refractivity contribution in [1.29, 1.82) is 0 Å². The molecule has 154 valence electrons. The molecule has 2 heterocycles. The minimum absolute atomic E-state index is 0.0489. The Balaban J connectivity index is 1.53. The van der Waals surface area contributed by atoms with E-state index in [1.54, 1.807) is 16.8 Å². The van der Waals surface area contributed by atoms with E-state index >= 15 is 0 Å². The van der Waals surface area contributed by atoms with Crippen molar-refractivity contribution in [3.63, 3.8) is 0 Å². The Labute approximate surface area is 173 Å². The number of halogens is 2. The summed E-state index contributed by atoms with van der Waals surface area (Å²) in [6.07, 6.45) is 0. The van der Waals surface area contributed by atoms with Crippen LogP contribution in [-0.2, 0) is 0 Å². The lowest BCUT2D eigenvalue weighted by atomic mass is 10.2. The first kappa shape index (κ1) is 19.8. The molecule has 0 aliphatic carbocycles. The third-order valence-corrected chi connectivity index (χ3v) is 5.20. The number of aromatic nitrogens is 7. The first-order chi connectivity index (χ1) is 14.5. The highest BCUT2D eigenvalue weighted by molar-refractivity contribution is 7.99. The Morgan fingerprint density at radius 3 is 2.43 bits per heavy atom. The molecule has 1 atom stereocenters. The Kier molecular flexibility index (Phi) is 5.57. The molecule has 9 nitrogen and oxygen atoms in total. The number of alkyl halides is 2. The number of tetrazole rings is 1. The van der Waals surface area contributed by atoms with Crippen LogP contribution in [0.25, 0.3) is 17.1 Å². The van der Waals surface area contributed by atoms with E-state index in [1.807, 2.05) is 37.3 Å². The molecule has 0 saturated carbocycles. The Bertz CT molecular complexity index is 1120. The summed E-state index contributed by atoms with van der Waals surface area (Å²) in [6, 6.07) is 15.5. The quantitative estimate of drug-likeness (QED) is 0.352. The van der Waals surface area contributed by atoms with E-state index in [0.717, 1.165) is 5.69 Å². The lowest BCUT2D eigenvalue weighted by Gasteiger charge is -2.11. The molecule has 4 aromatic rings. The molecule has 0 aliphatic rings. The summed E-state index contributed by atoms with van der Waals surface area (Å²) in [4.78, 5) is 0. The van der Waals surface area contributed by atoms with Gasteiger partial charge in [-0.15, -0.1) is 15.3 Å². The maximum absolute atomic E-state index is 12.3. The molecule has 30 heavy (non-hydrogen) atoms. The number of thioether (sulfide) groups is 1. The molecule has 0 spiro atoms. The van der Waals surface area contributed by atoms with Gasteiger partial charge in [-0.05, 0) is 53.7 Å². The molecule has 4 rings (SSSR count). The van der Waals surface area contributed by atoms with Crippen LogP contribution in [0.15, 0.2) is 59.8 Å². The Morgan fingerprint density at radius 1 is 1.00 bits per heavy atom. The summed E-state index contributed by atoms with van der Waals surface area (Å²) in [5.41, 5.74) is 1.45. The summed E-state index contributed by atoms with van der Waals surface area (Å²) in [5.74, 6) is 7.23. The summed E-state index contributed by atoms with van der Waals surface area (Å²) >= 11 is 1.34. The van der Waals surface area contributed by atoms with Crippen LogP contribution >= 0.6 is 11.8 Å². The second-order valence-corrected chi connectivity index (χ2v) is 7.43. The number of para-hydroxylation sites is 1. The lowest BCUT2D eigenvalue weighted by Crippen LogP contribution is -2.12. The van der Waals surface area contributed by atoms with Gasteiger partial charge in [0.15, 0.2) is 11.6 Å². The zero-order valence-corrected chi connectivity index (χ0v) is 16.4. The van der Waals surface area contributed by atoms with Gasteiger partial charge in [0, 0.05) is 5.56 Å². The van der Waals surface area contributed by atoms with Gasteiger partial charge in [-0.3, -0.25) is 0 Å². The van der Waals surface area contributed by atoms with Gasteiger partial charge < -0.3 is 10.6 Å². The molecule has 0 aliphatic heterocycles. The minimum Gasteiger partial charge on any atom is -0.435 e. The highest BCUT2D eigenvalue weighted by atomic mass is 32.2. The van der Waals surface area contributed by atoms with Crippen molar-refractivity contribution < 1.29 is 13.5 Å². The Hall–Kier alpha value is -3.54. The zero-order valence-electron chi connectivity index (χ0n) is 15.6. The van der Waals surface area contributed by atoms with E-state index in [0.29, 0.717) is 22.4 Å². The van der Waals surface area contributed by atoms with E-state index in [2.05, 4.69) is 30.5 Å². The highest BCUT2D eigenvalue weighted by Crippen LogP contribution is 2.34. The number of hydrogen-bond acceptors (Lipinski definition) is 8. The standard InChI is InChI=1S/C18H16F2N8OS/c1-11(15-23-25-26-28(15)13-5-3-2-4-6-13)30-18-24-22-16(27(18)21)12-7-9-14(10-8-12)29-17(19)20/h2-11,17H,21H2,1H3. The van der Waals surface area contributed by atoms with Gasteiger partial charge in [0.05, 0.1) is 10.9 Å². The van der Waals surface area contributed by atoms with Crippen molar-refractivity contribution in [2.24, 2.45) is 0 Å². The van der Waals surface area contributed by atoms with E-state index in [4.69, 9.17) is 5.84 Å². The predicted octanol–water partition coefficient (Wildman–Crippen LogP) is 3.09. The molecule has 0 radical (unpaired) electrons. The summed E-state index contributed by atoms with van der Waals surface area (Å²) in [6.45, 7) is -0.952. The van der Waals surface area contributed by atoms with Crippen LogP contribution in [0.3, 0.4) is 0 Å². The zero-order chi connectivity index (χ0) is 21.1. The van der Waals surface area contributed by atoms with E-state index in [1.165, 1.54) is 28.6 Å². The summed E-state index contributed by atoms with van der Waals surface area (Å²) in [5, 5.41) is 20.5. The highest BCUT2D eigenvalue weighted by Gasteiger charge is 2.21. The van der Waals surface area contributed by atoms with Crippen LogP contribution in [0.2, 0.25) is 0 Å². The third-order valence-electron chi connectivity index (χ3n) is 4.14. The average molecular weight is 430 g/mol. The molecule has 12 heteroatoms.